The van der Waals surface area contributed by atoms with Crippen LogP contribution in [0.5, 0.6) is 0 Å². The third-order valence-corrected chi connectivity index (χ3v) is 6.70. The molecule has 0 heterocycles. The van der Waals surface area contributed by atoms with Crippen LogP contribution in [0.4, 0.5) is 0 Å². The lowest BCUT2D eigenvalue weighted by atomic mass is 9.45. The van der Waals surface area contributed by atoms with Crippen LogP contribution in [0.25, 0.3) is 0 Å². The molecular weight excluding hydrogens is 212 g/mol. The Labute approximate surface area is 103 Å². The summed E-state index contributed by atoms with van der Waals surface area (Å²) in [4.78, 5) is 0. The van der Waals surface area contributed by atoms with E-state index in [9.17, 15) is 10.2 Å². The van der Waals surface area contributed by atoms with Crippen molar-refractivity contribution in [2.45, 2.75) is 50.5 Å². The molecule has 4 saturated carbocycles. The van der Waals surface area contributed by atoms with Gasteiger partial charge in [0.1, 0.15) is 0 Å². The fourth-order valence-corrected chi connectivity index (χ4v) is 6.08. The summed E-state index contributed by atoms with van der Waals surface area (Å²) in [6.45, 7) is 0.202. The SMILES string of the molecule is OCC1CC2CC3CCC4CC3C(C2)C1(O)C4. The van der Waals surface area contributed by atoms with Crippen LogP contribution in [0.1, 0.15) is 44.9 Å². The number of aliphatic hydroxyl groups is 2. The van der Waals surface area contributed by atoms with Gasteiger partial charge in [0.25, 0.3) is 0 Å². The number of aliphatic hydroxyl groups excluding tert-OH is 1. The van der Waals surface area contributed by atoms with Gasteiger partial charge in [-0.15, -0.1) is 0 Å². The first-order valence-electron chi connectivity index (χ1n) is 7.54. The molecule has 0 saturated heterocycles. The first kappa shape index (κ1) is 10.8. The van der Waals surface area contributed by atoms with Crippen molar-refractivity contribution >= 4 is 0 Å². The Balaban J connectivity index is 1.76. The Morgan fingerprint density at radius 2 is 1.88 bits per heavy atom. The van der Waals surface area contributed by atoms with Crippen molar-refractivity contribution in [2.24, 2.45) is 35.5 Å². The van der Waals surface area contributed by atoms with E-state index < -0.39 is 5.60 Å². The molecule has 7 unspecified atom stereocenters. The zero-order valence-corrected chi connectivity index (χ0v) is 10.5. The first-order valence-corrected chi connectivity index (χ1v) is 7.54. The minimum absolute atomic E-state index is 0.176. The van der Waals surface area contributed by atoms with Crippen LogP contribution in [0.2, 0.25) is 0 Å². The minimum atomic E-state index is -0.502. The summed E-state index contributed by atoms with van der Waals surface area (Å²) in [5.41, 5.74) is -0.502. The summed E-state index contributed by atoms with van der Waals surface area (Å²) in [7, 11) is 0. The second kappa shape index (κ2) is 3.48. The lowest BCUT2D eigenvalue weighted by Crippen LogP contribution is -2.62. The van der Waals surface area contributed by atoms with Gasteiger partial charge in [0.05, 0.1) is 5.60 Å². The van der Waals surface area contributed by atoms with Crippen molar-refractivity contribution < 1.29 is 10.2 Å². The van der Waals surface area contributed by atoms with Gasteiger partial charge in [0.15, 0.2) is 0 Å². The number of hydrogen-bond donors (Lipinski definition) is 2. The summed E-state index contributed by atoms with van der Waals surface area (Å²) in [5.74, 6) is 3.94. The van der Waals surface area contributed by atoms with Gasteiger partial charge < -0.3 is 10.2 Å². The summed E-state index contributed by atoms with van der Waals surface area (Å²) in [6, 6.07) is 0. The van der Waals surface area contributed by atoms with Crippen molar-refractivity contribution in [1.29, 1.82) is 0 Å². The molecule has 2 N–H and O–H groups in total. The van der Waals surface area contributed by atoms with Gasteiger partial charge in [-0.05, 0) is 68.1 Å². The van der Waals surface area contributed by atoms with E-state index in [1.165, 1.54) is 32.1 Å². The Morgan fingerprint density at radius 1 is 1.00 bits per heavy atom. The van der Waals surface area contributed by atoms with Gasteiger partial charge in [-0.1, -0.05) is 6.42 Å². The second-order valence-corrected chi connectivity index (χ2v) is 7.36. The average molecular weight is 236 g/mol. The standard InChI is InChI=1S/C15H24O2/c16-8-12-4-10-3-11-2-1-9-5-13(11)14(6-10)15(12,17)7-9/h9-14,16-17H,1-8H2. The van der Waals surface area contributed by atoms with Crippen LogP contribution < -0.4 is 0 Å². The van der Waals surface area contributed by atoms with Gasteiger partial charge in [-0.25, -0.2) is 0 Å². The van der Waals surface area contributed by atoms with E-state index in [4.69, 9.17) is 0 Å². The number of hydrogen-bond acceptors (Lipinski definition) is 2. The largest absolute Gasteiger partial charge is 0.396 e. The zero-order valence-electron chi connectivity index (χ0n) is 10.5. The monoisotopic (exact) mass is 236 g/mol. The predicted molar refractivity (Wildman–Crippen MR) is 65.3 cm³/mol. The van der Waals surface area contributed by atoms with Gasteiger partial charge in [0, 0.05) is 12.5 Å². The lowest BCUT2D eigenvalue weighted by Gasteiger charge is -2.62. The molecule has 0 radical (unpaired) electrons. The van der Waals surface area contributed by atoms with Gasteiger partial charge in [-0.2, -0.15) is 0 Å². The Hall–Kier alpha value is -0.0800. The summed E-state index contributed by atoms with van der Waals surface area (Å²) in [5, 5.41) is 20.8. The van der Waals surface area contributed by atoms with Gasteiger partial charge in [-0.3, -0.25) is 0 Å². The maximum absolute atomic E-state index is 11.1. The normalized spacial score (nSPS) is 60.4. The molecule has 4 fully saturated rings. The molecule has 17 heavy (non-hydrogen) atoms. The molecule has 7 atom stereocenters. The van der Waals surface area contributed by atoms with Crippen LogP contribution >= 0.6 is 0 Å². The molecule has 0 aromatic rings. The summed E-state index contributed by atoms with van der Waals surface area (Å²) < 4.78 is 0. The fraction of sp³-hybridized carbons (Fsp3) is 1.00. The average Bonchev–Trinajstić information content (AvgIpc) is 2.35. The highest BCUT2D eigenvalue weighted by Gasteiger charge is 2.60. The Morgan fingerprint density at radius 3 is 2.71 bits per heavy atom. The minimum Gasteiger partial charge on any atom is -0.396 e. The number of fused-ring (bicyclic) bond motifs is 2. The quantitative estimate of drug-likeness (QED) is 0.732. The van der Waals surface area contributed by atoms with E-state index in [1.807, 2.05) is 0 Å². The molecule has 4 aliphatic rings. The van der Waals surface area contributed by atoms with E-state index in [0.29, 0.717) is 5.92 Å². The molecule has 2 heteroatoms. The van der Waals surface area contributed by atoms with E-state index in [0.717, 1.165) is 36.5 Å². The van der Waals surface area contributed by atoms with E-state index in [1.54, 1.807) is 0 Å². The maximum atomic E-state index is 11.1. The van der Waals surface area contributed by atoms with Crippen LogP contribution in [0.3, 0.4) is 0 Å². The van der Waals surface area contributed by atoms with Gasteiger partial charge in [0.2, 0.25) is 0 Å². The number of rotatable bonds is 1. The Kier molecular flexibility index (Phi) is 2.21. The molecule has 96 valence electrons. The molecule has 4 aliphatic carbocycles. The lowest BCUT2D eigenvalue weighted by molar-refractivity contribution is -0.211. The summed E-state index contributed by atoms with van der Waals surface area (Å²) in [6.07, 6.45) is 8.84. The molecule has 0 aliphatic heterocycles. The van der Waals surface area contributed by atoms with Crippen LogP contribution in [0.15, 0.2) is 0 Å². The predicted octanol–water partition coefficient (Wildman–Crippen LogP) is 2.19. The maximum Gasteiger partial charge on any atom is 0.0731 e. The molecule has 4 rings (SSSR count). The van der Waals surface area contributed by atoms with Crippen molar-refractivity contribution in [3.8, 4) is 0 Å². The third-order valence-electron chi connectivity index (χ3n) is 6.70. The van der Waals surface area contributed by atoms with E-state index in [-0.39, 0.29) is 12.5 Å². The molecule has 2 nitrogen and oxygen atoms in total. The molecule has 0 aromatic carbocycles. The van der Waals surface area contributed by atoms with Crippen LogP contribution in [-0.4, -0.2) is 22.4 Å². The van der Waals surface area contributed by atoms with Crippen molar-refractivity contribution in [2.75, 3.05) is 6.61 Å². The molecular formula is C15H24O2. The van der Waals surface area contributed by atoms with E-state index >= 15 is 0 Å². The van der Waals surface area contributed by atoms with Crippen LogP contribution in [-0.2, 0) is 0 Å². The highest BCUT2D eigenvalue weighted by molar-refractivity contribution is 5.10. The molecule has 0 aromatic heterocycles. The first-order chi connectivity index (χ1) is 8.20. The van der Waals surface area contributed by atoms with Gasteiger partial charge >= 0.3 is 0 Å². The topological polar surface area (TPSA) is 40.5 Å². The van der Waals surface area contributed by atoms with E-state index in [2.05, 4.69) is 0 Å². The fourth-order valence-electron chi connectivity index (χ4n) is 6.08. The van der Waals surface area contributed by atoms with Crippen molar-refractivity contribution in [3.63, 3.8) is 0 Å². The summed E-state index contributed by atoms with van der Waals surface area (Å²) >= 11 is 0. The third kappa shape index (κ3) is 1.34. The van der Waals surface area contributed by atoms with Crippen molar-refractivity contribution in [3.05, 3.63) is 0 Å². The smallest absolute Gasteiger partial charge is 0.0731 e. The Bertz CT molecular complexity index is 327. The highest BCUT2D eigenvalue weighted by Crippen LogP contribution is 2.62. The zero-order chi connectivity index (χ0) is 11.6. The van der Waals surface area contributed by atoms with Crippen LogP contribution in [0, 0.1) is 35.5 Å². The second-order valence-electron chi connectivity index (χ2n) is 7.36. The molecule has 4 bridgehead atoms. The molecule has 0 spiro atoms. The highest BCUT2D eigenvalue weighted by atomic mass is 16.3. The molecule has 0 amide bonds. The van der Waals surface area contributed by atoms with Crippen molar-refractivity contribution in [1.82, 2.24) is 0 Å².